The lowest BCUT2D eigenvalue weighted by atomic mass is 9.87. The number of rotatable bonds is 12. The Labute approximate surface area is 219 Å². The van der Waals surface area contributed by atoms with Crippen LogP contribution in [-0.4, -0.2) is 39.7 Å². The lowest BCUT2D eigenvalue weighted by molar-refractivity contribution is -0.137. The van der Waals surface area contributed by atoms with E-state index in [0.29, 0.717) is 30.0 Å². The molecule has 2 aromatic carbocycles. The zero-order valence-corrected chi connectivity index (χ0v) is 22.1. The van der Waals surface area contributed by atoms with E-state index in [-0.39, 0.29) is 36.6 Å². The number of benzene rings is 2. The standard InChI is InChI=1S/C31H37NO5/c1-21-11-8-9-15-24(21)23(19-29(35)36)14-10-16-26(33)25-17-18-27(37-20-28(34)31(2,3)4)30(32-25)22-12-6-5-7-13-22/h5-9,11-13,15,17-18,23,28,34H,10,14,16,19-20H2,1-4H3,(H,35,36)/t23?,28-/m1/s1. The number of carboxylic acids is 1. The maximum absolute atomic E-state index is 13.1. The molecule has 2 N–H and O–H groups in total. The second-order valence-corrected chi connectivity index (χ2v) is 10.6. The van der Waals surface area contributed by atoms with Crippen molar-refractivity contribution >= 4 is 11.8 Å². The van der Waals surface area contributed by atoms with E-state index in [4.69, 9.17) is 4.74 Å². The smallest absolute Gasteiger partial charge is 0.303 e. The Bertz CT molecular complexity index is 1200. The van der Waals surface area contributed by atoms with Crippen molar-refractivity contribution in [1.82, 2.24) is 4.98 Å². The van der Waals surface area contributed by atoms with Gasteiger partial charge in [0.2, 0.25) is 0 Å². The van der Waals surface area contributed by atoms with Gasteiger partial charge in [-0.2, -0.15) is 0 Å². The quantitative estimate of drug-likeness (QED) is 0.276. The van der Waals surface area contributed by atoms with Gasteiger partial charge < -0.3 is 14.9 Å². The predicted molar refractivity (Wildman–Crippen MR) is 145 cm³/mol. The highest BCUT2D eigenvalue weighted by molar-refractivity contribution is 5.95. The van der Waals surface area contributed by atoms with Crippen molar-refractivity contribution in [3.05, 3.63) is 83.6 Å². The molecule has 0 fully saturated rings. The molecule has 196 valence electrons. The minimum atomic E-state index is -0.846. The number of Topliss-reactive ketones (excluding diaryl/α,β-unsaturated/α-hetero) is 1. The van der Waals surface area contributed by atoms with Gasteiger partial charge in [0.25, 0.3) is 0 Å². The Hall–Kier alpha value is -3.51. The number of carboxylic acid groups (broad SMARTS) is 1. The molecule has 0 bridgehead atoms. The first-order chi connectivity index (χ1) is 17.6. The lowest BCUT2D eigenvalue weighted by Gasteiger charge is -2.26. The molecule has 0 saturated heterocycles. The average Bonchev–Trinajstić information content (AvgIpc) is 2.86. The third kappa shape index (κ3) is 7.99. The van der Waals surface area contributed by atoms with E-state index >= 15 is 0 Å². The first-order valence-corrected chi connectivity index (χ1v) is 12.7. The van der Waals surface area contributed by atoms with Gasteiger partial charge in [0.15, 0.2) is 5.78 Å². The molecule has 1 heterocycles. The van der Waals surface area contributed by atoms with E-state index in [0.717, 1.165) is 16.7 Å². The minimum Gasteiger partial charge on any atom is -0.489 e. The normalized spacial score (nSPS) is 13.1. The van der Waals surface area contributed by atoms with Gasteiger partial charge in [-0.25, -0.2) is 4.98 Å². The number of aryl methyl sites for hydroxylation is 1. The summed E-state index contributed by atoms with van der Waals surface area (Å²) >= 11 is 0. The molecule has 37 heavy (non-hydrogen) atoms. The van der Waals surface area contributed by atoms with Crippen LogP contribution >= 0.6 is 0 Å². The van der Waals surface area contributed by atoms with E-state index < -0.39 is 12.1 Å². The van der Waals surface area contributed by atoms with Crippen molar-refractivity contribution in [2.45, 2.75) is 65.4 Å². The number of carbonyl (C=O) groups excluding carboxylic acids is 1. The number of aliphatic carboxylic acids is 1. The Kier molecular flexibility index (Phi) is 9.59. The highest BCUT2D eigenvalue weighted by Gasteiger charge is 2.24. The Balaban J connectivity index is 1.75. The van der Waals surface area contributed by atoms with Crippen LogP contribution in [0.1, 0.15) is 74.0 Å². The van der Waals surface area contributed by atoms with E-state index in [1.165, 1.54) is 0 Å². The molecule has 1 unspecified atom stereocenters. The van der Waals surface area contributed by atoms with Crippen molar-refractivity contribution < 1.29 is 24.5 Å². The molecule has 0 amide bonds. The van der Waals surface area contributed by atoms with Gasteiger partial charge in [-0.1, -0.05) is 75.4 Å². The fourth-order valence-corrected chi connectivity index (χ4v) is 4.20. The lowest BCUT2D eigenvalue weighted by Crippen LogP contribution is -2.32. The van der Waals surface area contributed by atoms with Crippen LogP contribution in [0.3, 0.4) is 0 Å². The summed E-state index contributed by atoms with van der Waals surface area (Å²) in [4.78, 5) is 29.2. The number of aromatic nitrogens is 1. The molecular formula is C31H37NO5. The Morgan fingerprint density at radius 3 is 2.30 bits per heavy atom. The molecule has 0 spiro atoms. The molecule has 6 nitrogen and oxygen atoms in total. The van der Waals surface area contributed by atoms with Crippen LogP contribution in [0.25, 0.3) is 11.3 Å². The number of pyridine rings is 1. The summed E-state index contributed by atoms with van der Waals surface area (Å²) in [7, 11) is 0. The molecule has 3 rings (SSSR count). The summed E-state index contributed by atoms with van der Waals surface area (Å²) in [6, 6.07) is 20.7. The van der Waals surface area contributed by atoms with Gasteiger partial charge in [0, 0.05) is 12.0 Å². The molecule has 0 saturated carbocycles. The molecule has 0 radical (unpaired) electrons. The molecule has 0 aliphatic rings. The molecule has 3 aromatic rings. The van der Waals surface area contributed by atoms with Crippen LogP contribution in [0, 0.1) is 12.3 Å². The predicted octanol–water partition coefficient (Wildman–Crippen LogP) is 6.45. The number of nitrogens with zero attached hydrogens (tertiary/aromatic N) is 1. The van der Waals surface area contributed by atoms with Gasteiger partial charge >= 0.3 is 5.97 Å². The van der Waals surface area contributed by atoms with Crippen LogP contribution in [0.2, 0.25) is 0 Å². The second-order valence-electron chi connectivity index (χ2n) is 10.6. The van der Waals surface area contributed by atoms with Gasteiger partial charge in [-0.15, -0.1) is 0 Å². The van der Waals surface area contributed by atoms with Gasteiger partial charge in [-0.05, 0) is 54.4 Å². The fraction of sp³-hybridized carbons (Fsp3) is 0.387. The van der Waals surface area contributed by atoms with Crippen LogP contribution in [0.4, 0.5) is 0 Å². The van der Waals surface area contributed by atoms with Gasteiger partial charge in [0.05, 0.1) is 12.5 Å². The number of hydrogen-bond acceptors (Lipinski definition) is 5. The summed E-state index contributed by atoms with van der Waals surface area (Å²) in [5.41, 5.74) is 3.46. The highest BCUT2D eigenvalue weighted by Crippen LogP contribution is 2.31. The molecule has 6 heteroatoms. The average molecular weight is 504 g/mol. The molecule has 2 atom stereocenters. The maximum Gasteiger partial charge on any atom is 0.303 e. The van der Waals surface area contributed by atoms with Crippen LogP contribution in [0.5, 0.6) is 5.75 Å². The molecule has 1 aromatic heterocycles. The van der Waals surface area contributed by atoms with Crippen molar-refractivity contribution in [1.29, 1.82) is 0 Å². The van der Waals surface area contributed by atoms with Crippen LogP contribution in [0.15, 0.2) is 66.7 Å². The Morgan fingerprint density at radius 1 is 0.973 bits per heavy atom. The number of carbonyl (C=O) groups is 2. The topological polar surface area (TPSA) is 96.7 Å². The van der Waals surface area contributed by atoms with E-state index in [9.17, 15) is 19.8 Å². The van der Waals surface area contributed by atoms with Crippen molar-refractivity contribution in [3.63, 3.8) is 0 Å². The minimum absolute atomic E-state index is 0.0297. The SMILES string of the molecule is Cc1ccccc1C(CCCC(=O)c1ccc(OC[C@@H](O)C(C)(C)C)c(-c2ccccc2)n1)CC(=O)O. The number of ether oxygens (including phenoxy) is 1. The zero-order valence-electron chi connectivity index (χ0n) is 22.1. The van der Waals surface area contributed by atoms with E-state index in [2.05, 4.69) is 4.98 Å². The zero-order chi connectivity index (χ0) is 27.0. The van der Waals surface area contributed by atoms with Crippen molar-refractivity contribution in [3.8, 4) is 17.0 Å². The largest absolute Gasteiger partial charge is 0.489 e. The molecular weight excluding hydrogens is 466 g/mol. The number of aliphatic hydroxyl groups excluding tert-OH is 1. The first kappa shape index (κ1) is 28.1. The third-order valence-electron chi connectivity index (χ3n) is 6.59. The van der Waals surface area contributed by atoms with Gasteiger partial charge in [-0.3, -0.25) is 9.59 Å². The number of ketones is 1. The highest BCUT2D eigenvalue weighted by atomic mass is 16.5. The number of aliphatic hydroxyl groups is 1. The van der Waals surface area contributed by atoms with Crippen molar-refractivity contribution in [2.24, 2.45) is 5.41 Å². The molecule has 0 aliphatic heterocycles. The summed E-state index contributed by atoms with van der Waals surface area (Å²) < 4.78 is 5.94. The van der Waals surface area contributed by atoms with E-state index in [1.54, 1.807) is 12.1 Å². The number of hydrogen-bond donors (Lipinski definition) is 2. The fourth-order valence-electron chi connectivity index (χ4n) is 4.20. The summed E-state index contributed by atoms with van der Waals surface area (Å²) in [6.45, 7) is 7.93. The maximum atomic E-state index is 13.1. The monoisotopic (exact) mass is 503 g/mol. The molecule has 0 aliphatic carbocycles. The Morgan fingerprint density at radius 2 is 1.65 bits per heavy atom. The van der Waals surface area contributed by atoms with Gasteiger partial charge in [0.1, 0.15) is 23.7 Å². The first-order valence-electron chi connectivity index (χ1n) is 12.7. The van der Waals surface area contributed by atoms with Crippen LogP contribution in [-0.2, 0) is 4.79 Å². The third-order valence-corrected chi connectivity index (χ3v) is 6.59. The van der Waals surface area contributed by atoms with E-state index in [1.807, 2.05) is 82.3 Å². The summed E-state index contributed by atoms with van der Waals surface area (Å²) in [5.74, 6) is -0.588. The summed E-state index contributed by atoms with van der Waals surface area (Å²) in [6.07, 6.45) is 0.794. The van der Waals surface area contributed by atoms with Crippen LogP contribution < -0.4 is 4.74 Å². The summed E-state index contributed by atoms with van der Waals surface area (Å²) in [5, 5.41) is 19.8. The second kappa shape index (κ2) is 12.6. The van der Waals surface area contributed by atoms with Crippen molar-refractivity contribution in [2.75, 3.05) is 6.61 Å².